The minimum absolute atomic E-state index is 0. The molecule has 1 atom stereocenters. The number of aryl methyl sites for hydroxylation is 1. The Morgan fingerprint density at radius 3 is 2.34 bits per heavy atom. The number of hydrogen-bond acceptors (Lipinski definition) is 7. The molecule has 2 N–H and O–H groups in total. The maximum atomic E-state index is 12.7. The zero-order valence-electron chi connectivity index (χ0n) is 17.7. The van der Waals surface area contributed by atoms with Gasteiger partial charge in [0.1, 0.15) is 23.4 Å². The van der Waals surface area contributed by atoms with Gasteiger partial charge in [-0.2, -0.15) is 5.10 Å². The van der Waals surface area contributed by atoms with Crippen molar-refractivity contribution in [2.45, 2.75) is 17.9 Å². The molecule has 0 bridgehead atoms. The fraction of sp³-hybridized carbons (Fsp3) is 0.238. The van der Waals surface area contributed by atoms with Gasteiger partial charge in [-0.3, -0.25) is 9.48 Å². The Labute approximate surface area is 192 Å². The minimum Gasteiger partial charge on any atom is -0.488 e. The molecule has 0 unspecified atom stereocenters. The van der Waals surface area contributed by atoms with Crippen molar-refractivity contribution in [1.29, 1.82) is 0 Å². The number of carbonyl (C=O) groups excluding carboxylic acids is 1. The van der Waals surface area contributed by atoms with Crippen molar-refractivity contribution in [1.82, 2.24) is 9.78 Å². The summed E-state index contributed by atoms with van der Waals surface area (Å²) in [7, 11) is -1.58. The molecule has 1 amide bonds. The third kappa shape index (κ3) is 6.71. The second-order valence-corrected chi connectivity index (χ2v) is 8.99. The van der Waals surface area contributed by atoms with Crippen LogP contribution in [0.1, 0.15) is 17.3 Å². The third-order valence-corrected chi connectivity index (χ3v) is 5.31. The smallest absolute Gasteiger partial charge is 0.257 e. The first kappa shape index (κ1) is 25.2. The number of aliphatic hydroxyl groups is 1. The Hall–Kier alpha value is -3.08. The van der Waals surface area contributed by atoms with Crippen LogP contribution < -0.4 is 14.8 Å². The van der Waals surface area contributed by atoms with E-state index in [-0.39, 0.29) is 29.5 Å². The molecule has 1 heterocycles. The van der Waals surface area contributed by atoms with Crippen LogP contribution in [0.2, 0.25) is 0 Å². The van der Waals surface area contributed by atoms with Gasteiger partial charge in [-0.05, 0) is 43.3 Å². The number of hydrogen-bond donors (Lipinski definition) is 2. The van der Waals surface area contributed by atoms with Gasteiger partial charge in [0, 0.05) is 37.2 Å². The van der Waals surface area contributed by atoms with Gasteiger partial charge in [0.05, 0.1) is 11.5 Å². The summed E-state index contributed by atoms with van der Waals surface area (Å²) in [6.45, 7) is 1.48. The van der Waals surface area contributed by atoms with E-state index in [0.717, 1.165) is 6.26 Å². The average molecular weight is 482 g/mol. The molecule has 11 heteroatoms. The van der Waals surface area contributed by atoms with Gasteiger partial charge >= 0.3 is 0 Å². The first-order chi connectivity index (χ1) is 14.6. The van der Waals surface area contributed by atoms with Crippen molar-refractivity contribution in [3.8, 4) is 17.2 Å². The minimum atomic E-state index is -3.32. The summed E-state index contributed by atoms with van der Waals surface area (Å²) in [5.41, 5.74) is 0.260. The van der Waals surface area contributed by atoms with Crippen LogP contribution in [0.25, 0.3) is 0 Å². The second-order valence-electron chi connectivity index (χ2n) is 6.98. The maximum absolute atomic E-state index is 12.7. The number of aliphatic hydroxyl groups excluding tert-OH is 1. The average Bonchev–Trinajstić information content (AvgIpc) is 3.12. The lowest BCUT2D eigenvalue weighted by molar-refractivity contribution is 0.102. The van der Waals surface area contributed by atoms with E-state index in [1.165, 1.54) is 36.4 Å². The molecule has 0 radical (unpaired) electrons. The van der Waals surface area contributed by atoms with E-state index in [0.29, 0.717) is 23.1 Å². The Kier molecular flexibility index (Phi) is 8.25. The standard InChI is InChI=1S/C21H23N3O6S.ClH/c1-14(13-25)29-17-10-15(21(26)22-20-8-9-24(2)23-20)11-18(12-17)30-16-4-6-19(7-5-16)31(3,27)28;/h4-12,14,25H,13H2,1-3H3,(H,22,23,26);1H/t14-;/m0./s1. The van der Waals surface area contributed by atoms with Crippen molar-refractivity contribution in [2.24, 2.45) is 7.05 Å². The lowest BCUT2D eigenvalue weighted by atomic mass is 10.2. The van der Waals surface area contributed by atoms with Crippen molar-refractivity contribution in [3.05, 3.63) is 60.3 Å². The van der Waals surface area contributed by atoms with Crippen LogP contribution in [-0.4, -0.2) is 48.2 Å². The van der Waals surface area contributed by atoms with Crippen LogP contribution in [0.3, 0.4) is 0 Å². The summed E-state index contributed by atoms with van der Waals surface area (Å²) in [5, 5.41) is 16.1. The van der Waals surface area contributed by atoms with Crippen molar-refractivity contribution in [3.63, 3.8) is 0 Å². The zero-order chi connectivity index (χ0) is 22.6. The molecular formula is C21H24ClN3O6S. The van der Waals surface area contributed by atoms with E-state index >= 15 is 0 Å². The highest BCUT2D eigenvalue weighted by molar-refractivity contribution is 7.90. The molecule has 0 spiro atoms. The first-order valence-electron chi connectivity index (χ1n) is 9.35. The van der Waals surface area contributed by atoms with Crippen molar-refractivity contribution >= 4 is 34.0 Å². The van der Waals surface area contributed by atoms with E-state index < -0.39 is 21.8 Å². The van der Waals surface area contributed by atoms with E-state index in [1.54, 1.807) is 37.0 Å². The third-order valence-electron chi connectivity index (χ3n) is 4.18. The van der Waals surface area contributed by atoms with Crippen molar-refractivity contribution in [2.75, 3.05) is 18.2 Å². The number of nitrogens with one attached hydrogen (secondary N) is 1. The normalized spacial score (nSPS) is 11.9. The molecule has 172 valence electrons. The summed E-state index contributed by atoms with van der Waals surface area (Å²) in [5.74, 6) is 0.995. The monoisotopic (exact) mass is 481 g/mol. The summed E-state index contributed by atoms with van der Waals surface area (Å²) in [4.78, 5) is 12.9. The largest absolute Gasteiger partial charge is 0.488 e. The topological polar surface area (TPSA) is 120 Å². The number of amides is 1. The first-order valence-corrected chi connectivity index (χ1v) is 11.2. The number of rotatable bonds is 8. The summed E-state index contributed by atoms with van der Waals surface area (Å²) in [6, 6.07) is 12.2. The van der Waals surface area contributed by atoms with Crippen LogP contribution in [-0.2, 0) is 16.9 Å². The molecule has 0 fully saturated rings. The number of carbonyl (C=O) groups is 1. The Morgan fingerprint density at radius 1 is 1.12 bits per heavy atom. The molecule has 0 aliphatic rings. The van der Waals surface area contributed by atoms with E-state index in [2.05, 4.69) is 10.4 Å². The molecule has 0 saturated carbocycles. The van der Waals surface area contributed by atoms with Gasteiger partial charge in [0.2, 0.25) is 0 Å². The molecule has 9 nitrogen and oxygen atoms in total. The highest BCUT2D eigenvalue weighted by Gasteiger charge is 2.14. The van der Waals surface area contributed by atoms with Gasteiger partial charge in [-0.1, -0.05) is 0 Å². The molecule has 0 saturated heterocycles. The number of anilines is 1. The quantitative estimate of drug-likeness (QED) is 0.507. The summed E-state index contributed by atoms with van der Waals surface area (Å²) < 4.78 is 36.3. The highest BCUT2D eigenvalue weighted by Crippen LogP contribution is 2.29. The Bertz CT molecular complexity index is 1180. The van der Waals surface area contributed by atoms with Crippen LogP contribution in [0, 0.1) is 0 Å². The molecule has 0 aliphatic heterocycles. The lowest BCUT2D eigenvalue weighted by Gasteiger charge is -2.15. The number of nitrogens with zero attached hydrogens (tertiary/aromatic N) is 2. The van der Waals surface area contributed by atoms with Crippen LogP contribution in [0.15, 0.2) is 59.6 Å². The van der Waals surface area contributed by atoms with E-state index in [4.69, 9.17) is 9.47 Å². The molecule has 3 rings (SSSR count). The second kappa shape index (κ2) is 10.5. The Morgan fingerprint density at radius 2 is 1.78 bits per heavy atom. The Balaban J connectivity index is 0.00000363. The number of aromatic nitrogens is 2. The molecule has 3 aromatic rings. The SMILES string of the molecule is C[C@@H](CO)Oc1cc(Oc2ccc(S(C)(=O)=O)cc2)cc(C(=O)Nc2ccn(C)n2)c1.Cl. The predicted molar refractivity (Wildman–Crippen MR) is 122 cm³/mol. The number of benzene rings is 2. The maximum Gasteiger partial charge on any atom is 0.257 e. The van der Waals surface area contributed by atoms with Crippen LogP contribution in [0.4, 0.5) is 5.82 Å². The van der Waals surface area contributed by atoms with E-state index in [9.17, 15) is 18.3 Å². The highest BCUT2D eigenvalue weighted by atomic mass is 35.5. The molecule has 2 aromatic carbocycles. The predicted octanol–water partition coefficient (Wildman–Crippen LogP) is 3.05. The number of ether oxygens (including phenoxy) is 2. The fourth-order valence-corrected chi connectivity index (χ4v) is 3.29. The zero-order valence-corrected chi connectivity index (χ0v) is 19.3. The fourth-order valence-electron chi connectivity index (χ4n) is 2.66. The van der Waals surface area contributed by atoms with Crippen LogP contribution in [0.5, 0.6) is 17.2 Å². The van der Waals surface area contributed by atoms with Gasteiger partial charge in [-0.25, -0.2) is 8.42 Å². The van der Waals surface area contributed by atoms with Gasteiger partial charge in [0.25, 0.3) is 5.91 Å². The van der Waals surface area contributed by atoms with Gasteiger partial charge < -0.3 is 19.9 Å². The lowest BCUT2D eigenvalue weighted by Crippen LogP contribution is -2.17. The molecule has 32 heavy (non-hydrogen) atoms. The molecule has 0 aliphatic carbocycles. The number of sulfone groups is 1. The summed E-state index contributed by atoms with van der Waals surface area (Å²) >= 11 is 0. The molecule has 1 aromatic heterocycles. The van der Waals surface area contributed by atoms with E-state index in [1.807, 2.05) is 0 Å². The van der Waals surface area contributed by atoms with Gasteiger partial charge in [-0.15, -0.1) is 12.4 Å². The number of halogens is 1. The summed E-state index contributed by atoms with van der Waals surface area (Å²) in [6.07, 6.45) is 2.33. The van der Waals surface area contributed by atoms with Crippen molar-refractivity contribution < 1.29 is 27.8 Å². The van der Waals surface area contributed by atoms with Gasteiger partial charge in [0.15, 0.2) is 15.7 Å². The molecular weight excluding hydrogens is 458 g/mol. The van der Waals surface area contributed by atoms with Crippen LogP contribution >= 0.6 is 12.4 Å².